The summed E-state index contributed by atoms with van der Waals surface area (Å²) < 4.78 is 2.76. The van der Waals surface area contributed by atoms with E-state index in [1.807, 2.05) is 21.0 Å². The predicted molar refractivity (Wildman–Crippen MR) is 76.2 cm³/mol. The highest BCUT2D eigenvalue weighted by molar-refractivity contribution is 14.1. The van der Waals surface area contributed by atoms with E-state index in [1.165, 1.54) is 0 Å². The minimum absolute atomic E-state index is 0.561. The molecule has 2 rings (SSSR count). The van der Waals surface area contributed by atoms with Crippen LogP contribution >= 0.6 is 34.2 Å². The average Bonchev–Trinajstić information content (AvgIpc) is 2.64. The van der Waals surface area contributed by atoms with Crippen LogP contribution in [0.4, 0.5) is 5.82 Å². The van der Waals surface area contributed by atoms with Crippen LogP contribution in [-0.4, -0.2) is 26.6 Å². The van der Waals surface area contributed by atoms with E-state index < -0.39 is 0 Å². The molecule has 5 nitrogen and oxygen atoms in total. The largest absolute Gasteiger partial charge is 0.372 e. The molecule has 2 aromatic heterocycles. The van der Waals surface area contributed by atoms with Crippen LogP contribution in [0.25, 0.3) is 11.6 Å². The smallest absolute Gasteiger partial charge is 0.198 e. The lowest BCUT2D eigenvalue weighted by Gasteiger charge is -2.08. The molecular weight excluding hydrogens is 353 g/mol. The highest BCUT2D eigenvalue weighted by atomic mass is 127. The zero-order valence-corrected chi connectivity index (χ0v) is 12.5. The molecule has 90 valence electrons. The summed E-state index contributed by atoms with van der Waals surface area (Å²) in [6.45, 7) is 1.94. The normalized spacial score (nSPS) is 10.6. The van der Waals surface area contributed by atoms with E-state index >= 15 is 0 Å². The fourth-order valence-corrected chi connectivity index (χ4v) is 2.06. The molecule has 0 bridgehead atoms. The van der Waals surface area contributed by atoms with Crippen molar-refractivity contribution in [1.82, 2.24) is 19.5 Å². The van der Waals surface area contributed by atoms with Gasteiger partial charge in [0.05, 0.1) is 15.5 Å². The molecule has 0 saturated heterocycles. The molecule has 1 N–H and O–H groups in total. The highest BCUT2D eigenvalue weighted by Crippen LogP contribution is 2.23. The summed E-state index contributed by atoms with van der Waals surface area (Å²) >= 11 is 8.17. The Balaban J connectivity index is 2.61. The number of imidazole rings is 1. The molecule has 0 atom stereocenters. The van der Waals surface area contributed by atoms with Gasteiger partial charge in [-0.2, -0.15) is 0 Å². The molecule has 0 fully saturated rings. The van der Waals surface area contributed by atoms with E-state index in [9.17, 15) is 0 Å². The van der Waals surface area contributed by atoms with Gasteiger partial charge in [-0.25, -0.2) is 15.0 Å². The van der Waals surface area contributed by atoms with Gasteiger partial charge in [0.15, 0.2) is 11.6 Å². The third kappa shape index (κ3) is 2.23. The van der Waals surface area contributed by atoms with Gasteiger partial charge in [-0.15, -0.1) is 0 Å². The fraction of sp³-hybridized carbons (Fsp3) is 0.300. The van der Waals surface area contributed by atoms with E-state index in [0.717, 1.165) is 15.1 Å². The van der Waals surface area contributed by atoms with Gasteiger partial charge in [-0.1, -0.05) is 11.6 Å². The number of rotatable bonds is 2. The Morgan fingerprint density at radius 1 is 1.41 bits per heavy atom. The molecule has 0 radical (unpaired) electrons. The molecule has 2 heterocycles. The van der Waals surface area contributed by atoms with E-state index in [4.69, 9.17) is 11.6 Å². The molecule has 0 aliphatic carbocycles. The van der Waals surface area contributed by atoms with Crippen LogP contribution in [0, 0.1) is 10.5 Å². The zero-order valence-electron chi connectivity index (χ0n) is 9.62. The summed E-state index contributed by atoms with van der Waals surface area (Å²) in [6, 6.07) is 0. The van der Waals surface area contributed by atoms with Crippen LogP contribution in [-0.2, 0) is 7.05 Å². The SMILES string of the molecule is CNc1nc(-c2ncc(Cl)n2C)nc(C)c1I. The number of nitrogens with one attached hydrogen (secondary N) is 1. The second kappa shape index (κ2) is 4.77. The van der Waals surface area contributed by atoms with Crippen molar-refractivity contribution in [3.8, 4) is 11.6 Å². The van der Waals surface area contributed by atoms with Crippen molar-refractivity contribution in [2.75, 3.05) is 12.4 Å². The van der Waals surface area contributed by atoms with Crippen LogP contribution in [0.3, 0.4) is 0 Å². The van der Waals surface area contributed by atoms with Gasteiger partial charge < -0.3 is 9.88 Å². The van der Waals surface area contributed by atoms with E-state index in [1.54, 1.807) is 10.8 Å². The molecule has 0 aliphatic heterocycles. The van der Waals surface area contributed by atoms with Crippen molar-refractivity contribution < 1.29 is 0 Å². The minimum atomic E-state index is 0.561. The zero-order chi connectivity index (χ0) is 12.6. The molecule has 7 heteroatoms. The summed E-state index contributed by atoms with van der Waals surface area (Å²) in [5.41, 5.74) is 0.916. The second-order valence-corrected chi connectivity index (χ2v) is 4.97. The predicted octanol–water partition coefficient (Wildman–Crippen LogP) is 2.49. The molecular formula is C10H11ClIN5. The lowest BCUT2D eigenvalue weighted by molar-refractivity contribution is 0.902. The lowest BCUT2D eigenvalue weighted by Crippen LogP contribution is -2.05. The highest BCUT2D eigenvalue weighted by Gasteiger charge is 2.14. The number of halogens is 2. The second-order valence-electron chi connectivity index (χ2n) is 3.51. The van der Waals surface area contributed by atoms with E-state index in [2.05, 4.69) is 42.9 Å². The minimum Gasteiger partial charge on any atom is -0.372 e. The van der Waals surface area contributed by atoms with Crippen LogP contribution in [0.1, 0.15) is 5.69 Å². The van der Waals surface area contributed by atoms with Gasteiger partial charge in [0, 0.05) is 14.1 Å². The Kier molecular flexibility index (Phi) is 3.53. The fourth-order valence-electron chi connectivity index (χ4n) is 1.42. The van der Waals surface area contributed by atoms with Crippen molar-refractivity contribution in [3.05, 3.63) is 20.6 Å². The van der Waals surface area contributed by atoms with Crippen LogP contribution < -0.4 is 5.32 Å². The standard InChI is InChI=1S/C10H11ClIN5/c1-5-7(12)8(13-2)16-9(15-5)10-14-4-6(11)17(10)3/h4H,1-3H3,(H,13,15,16). The summed E-state index contributed by atoms with van der Waals surface area (Å²) in [4.78, 5) is 13.1. The van der Waals surface area contributed by atoms with Crippen molar-refractivity contribution in [2.45, 2.75) is 6.92 Å². The van der Waals surface area contributed by atoms with Crippen LogP contribution in [0.15, 0.2) is 6.20 Å². The van der Waals surface area contributed by atoms with Crippen molar-refractivity contribution >= 4 is 40.0 Å². The van der Waals surface area contributed by atoms with Gasteiger partial charge in [0.2, 0.25) is 0 Å². The van der Waals surface area contributed by atoms with E-state index in [-0.39, 0.29) is 0 Å². The maximum atomic E-state index is 5.95. The molecule has 0 saturated carbocycles. The van der Waals surface area contributed by atoms with E-state index in [0.29, 0.717) is 16.8 Å². The lowest BCUT2D eigenvalue weighted by atomic mass is 10.4. The monoisotopic (exact) mass is 363 g/mol. The average molecular weight is 364 g/mol. The van der Waals surface area contributed by atoms with Gasteiger partial charge in [0.25, 0.3) is 0 Å². The van der Waals surface area contributed by atoms with Crippen molar-refractivity contribution in [1.29, 1.82) is 0 Å². The summed E-state index contributed by atoms with van der Waals surface area (Å²) in [5.74, 6) is 2.03. The molecule has 0 unspecified atom stereocenters. The number of aromatic nitrogens is 4. The first-order valence-corrected chi connectivity index (χ1v) is 6.39. The van der Waals surface area contributed by atoms with Crippen LogP contribution in [0.2, 0.25) is 5.15 Å². The molecule has 2 aromatic rings. The number of hydrogen-bond acceptors (Lipinski definition) is 4. The number of hydrogen-bond donors (Lipinski definition) is 1. The topological polar surface area (TPSA) is 55.6 Å². The summed E-state index contributed by atoms with van der Waals surface area (Å²) in [5, 5.41) is 3.60. The maximum absolute atomic E-state index is 5.95. The van der Waals surface area contributed by atoms with Gasteiger partial charge in [0.1, 0.15) is 11.0 Å². The summed E-state index contributed by atoms with van der Waals surface area (Å²) in [7, 11) is 3.67. The molecule has 0 amide bonds. The number of nitrogens with zero attached hydrogens (tertiary/aromatic N) is 4. The number of anilines is 1. The molecule has 0 aliphatic rings. The molecule has 0 spiro atoms. The molecule has 17 heavy (non-hydrogen) atoms. The third-order valence-corrected chi connectivity index (χ3v) is 4.03. The van der Waals surface area contributed by atoms with Gasteiger partial charge in [-0.3, -0.25) is 0 Å². The number of aryl methyl sites for hydroxylation is 1. The maximum Gasteiger partial charge on any atom is 0.198 e. The first-order chi connectivity index (χ1) is 8.04. The van der Waals surface area contributed by atoms with Crippen molar-refractivity contribution in [2.24, 2.45) is 7.05 Å². The summed E-state index contributed by atoms with van der Waals surface area (Å²) in [6.07, 6.45) is 1.59. The van der Waals surface area contributed by atoms with Gasteiger partial charge in [-0.05, 0) is 29.5 Å². The van der Waals surface area contributed by atoms with Crippen molar-refractivity contribution in [3.63, 3.8) is 0 Å². The Morgan fingerprint density at radius 3 is 2.65 bits per heavy atom. The van der Waals surface area contributed by atoms with Crippen LogP contribution in [0.5, 0.6) is 0 Å². The quantitative estimate of drug-likeness (QED) is 0.833. The third-order valence-electron chi connectivity index (χ3n) is 2.39. The first kappa shape index (κ1) is 12.6. The Hall–Kier alpha value is -0.890. The Morgan fingerprint density at radius 2 is 2.12 bits per heavy atom. The Labute approximate surface area is 118 Å². The Bertz CT molecular complexity index is 566. The first-order valence-electron chi connectivity index (χ1n) is 4.94. The molecule has 0 aromatic carbocycles. The van der Waals surface area contributed by atoms with Gasteiger partial charge >= 0.3 is 0 Å².